The van der Waals surface area contributed by atoms with Crippen molar-refractivity contribution in [3.05, 3.63) is 36.2 Å². The van der Waals surface area contributed by atoms with Gasteiger partial charge < -0.3 is 20.2 Å². The van der Waals surface area contributed by atoms with Crippen LogP contribution in [0.4, 0.5) is 5.95 Å². The van der Waals surface area contributed by atoms with Crippen LogP contribution in [0.1, 0.15) is 5.69 Å². The molecule has 0 aliphatic rings. The molecule has 0 unspecified atom stereocenters. The van der Waals surface area contributed by atoms with E-state index in [1.165, 1.54) is 0 Å². The lowest BCUT2D eigenvalue weighted by Crippen LogP contribution is -1.96. The zero-order valence-electron chi connectivity index (χ0n) is 8.93. The second-order valence-corrected chi connectivity index (χ2v) is 3.26. The lowest BCUT2D eigenvalue weighted by atomic mass is 10.3. The summed E-state index contributed by atoms with van der Waals surface area (Å²) in [6, 6.07) is 7.42. The summed E-state index contributed by atoms with van der Waals surface area (Å²) in [5, 5.41) is 0. The summed E-state index contributed by atoms with van der Waals surface area (Å²) in [5.41, 5.74) is 6.28. The number of rotatable bonds is 4. The molecule has 84 valence electrons. The first kappa shape index (κ1) is 10.4. The molecule has 0 aliphatic carbocycles. The Balaban J connectivity index is 1.99. The highest BCUT2D eigenvalue weighted by Gasteiger charge is 2.00. The second kappa shape index (κ2) is 4.57. The number of aromatic nitrogens is 2. The molecule has 1 heterocycles. The average Bonchev–Trinajstić information content (AvgIpc) is 2.73. The second-order valence-electron chi connectivity index (χ2n) is 3.26. The van der Waals surface area contributed by atoms with Crippen LogP contribution in [0.25, 0.3) is 0 Å². The number of methoxy groups -OCH3 is 1. The number of nitrogen functional groups attached to an aromatic ring is 1. The Morgan fingerprint density at radius 2 is 2.19 bits per heavy atom. The third-order valence-corrected chi connectivity index (χ3v) is 2.08. The van der Waals surface area contributed by atoms with E-state index in [1.807, 2.05) is 24.3 Å². The Morgan fingerprint density at radius 1 is 1.38 bits per heavy atom. The van der Waals surface area contributed by atoms with Gasteiger partial charge in [-0.05, 0) is 12.1 Å². The van der Waals surface area contributed by atoms with Crippen molar-refractivity contribution in [2.24, 2.45) is 0 Å². The highest BCUT2D eigenvalue weighted by Crippen LogP contribution is 2.19. The zero-order valence-corrected chi connectivity index (χ0v) is 8.93. The first-order chi connectivity index (χ1) is 7.78. The number of H-pyrrole nitrogens is 1. The number of benzene rings is 1. The number of ether oxygens (including phenoxy) is 2. The van der Waals surface area contributed by atoms with E-state index in [9.17, 15) is 0 Å². The molecule has 1 aromatic carbocycles. The molecule has 2 aromatic rings. The van der Waals surface area contributed by atoms with E-state index in [4.69, 9.17) is 15.2 Å². The van der Waals surface area contributed by atoms with E-state index in [0.29, 0.717) is 12.6 Å². The summed E-state index contributed by atoms with van der Waals surface area (Å²) in [4.78, 5) is 6.77. The van der Waals surface area contributed by atoms with Crippen molar-refractivity contribution in [1.29, 1.82) is 0 Å². The molecule has 0 atom stereocenters. The Morgan fingerprint density at radius 3 is 2.88 bits per heavy atom. The third kappa shape index (κ3) is 2.44. The lowest BCUT2D eigenvalue weighted by Gasteiger charge is -2.06. The third-order valence-electron chi connectivity index (χ3n) is 2.08. The fourth-order valence-corrected chi connectivity index (χ4v) is 1.30. The molecular weight excluding hydrogens is 206 g/mol. The quantitative estimate of drug-likeness (QED) is 0.818. The molecule has 5 heteroatoms. The van der Waals surface area contributed by atoms with Gasteiger partial charge in [0.1, 0.15) is 18.1 Å². The number of nitrogens with one attached hydrogen (secondary N) is 1. The first-order valence-electron chi connectivity index (χ1n) is 4.84. The molecule has 0 bridgehead atoms. The van der Waals surface area contributed by atoms with Gasteiger partial charge >= 0.3 is 0 Å². The van der Waals surface area contributed by atoms with Crippen LogP contribution in [-0.4, -0.2) is 17.1 Å². The van der Waals surface area contributed by atoms with Crippen LogP contribution in [0.2, 0.25) is 0 Å². The van der Waals surface area contributed by atoms with Crippen LogP contribution >= 0.6 is 0 Å². The van der Waals surface area contributed by atoms with Gasteiger partial charge in [-0.15, -0.1) is 0 Å². The van der Waals surface area contributed by atoms with Gasteiger partial charge in [-0.2, -0.15) is 0 Å². The highest BCUT2D eigenvalue weighted by atomic mass is 16.5. The van der Waals surface area contributed by atoms with Crippen molar-refractivity contribution in [2.45, 2.75) is 6.61 Å². The van der Waals surface area contributed by atoms with Gasteiger partial charge in [-0.1, -0.05) is 6.07 Å². The minimum Gasteiger partial charge on any atom is -0.497 e. The molecule has 0 aliphatic heterocycles. The number of nitrogens with zero attached hydrogens (tertiary/aromatic N) is 1. The molecule has 0 saturated carbocycles. The maximum atomic E-state index is 5.54. The van der Waals surface area contributed by atoms with Crippen LogP contribution < -0.4 is 15.2 Å². The molecule has 0 radical (unpaired) electrons. The molecule has 16 heavy (non-hydrogen) atoms. The Bertz CT molecular complexity index is 468. The van der Waals surface area contributed by atoms with Gasteiger partial charge in [0.2, 0.25) is 0 Å². The van der Waals surface area contributed by atoms with Crippen molar-refractivity contribution >= 4 is 5.95 Å². The van der Waals surface area contributed by atoms with E-state index in [0.717, 1.165) is 17.2 Å². The van der Waals surface area contributed by atoms with E-state index < -0.39 is 0 Å². The van der Waals surface area contributed by atoms with E-state index >= 15 is 0 Å². The predicted molar refractivity (Wildman–Crippen MR) is 60.3 cm³/mol. The van der Waals surface area contributed by atoms with Crippen molar-refractivity contribution < 1.29 is 9.47 Å². The number of hydrogen-bond acceptors (Lipinski definition) is 4. The monoisotopic (exact) mass is 219 g/mol. The molecule has 0 saturated heterocycles. The maximum absolute atomic E-state index is 5.54. The van der Waals surface area contributed by atoms with Crippen LogP contribution in [0.15, 0.2) is 30.5 Å². The molecule has 0 fully saturated rings. The lowest BCUT2D eigenvalue weighted by molar-refractivity contribution is 0.299. The summed E-state index contributed by atoms with van der Waals surface area (Å²) < 4.78 is 10.6. The summed E-state index contributed by atoms with van der Waals surface area (Å²) in [5.74, 6) is 1.90. The molecule has 0 amide bonds. The Kier molecular flexibility index (Phi) is 2.95. The van der Waals surface area contributed by atoms with Gasteiger partial charge in [0, 0.05) is 6.07 Å². The number of nitrogens with two attached hydrogens (primary N) is 1. The largest absolute Gasteiger partial charge is 0.497 e. The number of imidazole rings is 1. The molecule has 3 N–H and O–H groups in total. The normalized spacial score (nSPS) is 10.1. The molecule has 1 aromatic heterocycles. The molecule has 0 spiro atoms. The summed E-state index contributed by atoms with van der Waals surface area (Å²) in [6.07, 6.45) is 1.65. The molecule has 2 rings (SSSR count). The van der Waals surface area contributed by atoms with Gasteiger partial charge in [-0.25, -0.2) is 4.98 Å². The van der Waals surface area contributed by atoms with Crippen LogP contribution in [-0.2, 0) is 6.61 Å². The van der Waals surface area contributed by atoms with Crippen molar-refractivity contribution in [2.75, 3.05) is 12.8 Å². The van der Waals surface area contributed by atoms with Crippen molar-refractivity contribution in [3.63, 3.8) is 0 Å². The van der Waals surface area contributed by atoms with Gasteiger partial charge in [0.05, 0.1) is 19.0 Å². The van der Waals surface area contributed by atoms with Gasteiger partial charge in [-0.3, -0.25) is 0 Å². The van der Waals surface area contributed by atoms with Crippen molar-refractivity contribution in [1.82, 2.24) is 9.97 Å². The minimum atomic E-state index is 0.393. The van der Waals surface area contributed by atoms with Crippen LogP contribution in [0.3, 0.4) is 0 Å². The topological polar surface area (TPSA) is 73.2 Å². The minimum absolute atomic E-state index is 0.393. The average molecular weight is 219 g/mol. The summed E-state index contributed by atoms with van der Waals surface area (Å²) in [6.45, 7) is 0.400. The van der Waals surface area contributed by atoms with E-state index in [1.54, 1.807) is 13.3 Å². The van der Waals surface area contributed by atoms with E-state index in [-0.39, 0.29) is 0 Å². The number of anilines is 1. The zero-order chi connectivity index (χ0) is 11.4. The SMILES string of the molecule is COc1cccc(OCc2cnc(N)[nH]2)c1. The predicted octanol–water partition coefficient (Wildman–Crippen LogP) is 1.58. The number of hydrogen-bond donors (Lipinski definition) is 2. The smallest absolute Gasteiger partial charge is 0.197 e. The highest BCUT2D eigenvalue weighted by molar-refractivity contribution is 5.33. The number of aromatic amines is 1. The molecular formula is C11H13N3O2. The van der Waals surface area contributed by atoms with Crippen LogP contribution in [0.5, 0.6) is 11.5 Å². The molecule has 5 nitrogen and oxygen atoms in total. The van der Waals surface area contributed by atoms with Crippen molar-refractivity contribution in [3.8, 4) is 11.5 Å². The van der Waals surface area contributed by atoms with Gasteiger partial charge in [0.25, 0.3) is 0 Å². The fourth-order valence-electron chi connectivity index (χ4n) is 1.30. The first-order valence-corrected chi connectivity index (χ1v) is 4.84. The Labute approximate surface area is 93.2 Å². The Hall–Kier alpha value is -2.17. The maximum Gasteiger partial charge on any atom is 0.197 e. The van der Waals surface area contributed by atoms with E-state index in [2.05, 4.69) is 9.97 Å². The standard InChI is InChI=1S/C11H13N3O2/c1-15-9-3-2-4-10(5-9)16-7-8-6-13-11(12)14-8/h2-6H,7H2,1H3,(H3,12,13,14). The summed E-state index contributed by atoms with van der Waals surface area (Å²) >= 11 is 0. The van der Waals surface area contributed by atoms with Gasteiger partial charge in [0.15, 0.2) is 5.95 Å². The summed E-state index contributed by atoms with van der Waals surface area (Å²) in [7, 11) is 1.62. The fraction of sp³-hybridized carbons (Fsp3) is 0.182. The van der Waals surface area contributed by atoms with Crippen LogP contribution in [0, 0.1) is 0 Å².